The van der Waals surface area contributed by atoms with Gasteiger partial charge in [0.05, 0.1) is 11.2 Å². The number of nitrogens with zero attached hydrogens (tertiary/aromatic N) is 2. The average Bonchev–Trinajstić information content (AvgIpc) is 2.59. The summed E-state index contributed by atoms with van der Waals surface area (Å²) in [5.41, 5.74) is 2.77. The highest BCUT2D eigenvalue weighted by Crippen LogP contribution is 2.19. The zero-order valence-corrected chi connectivity index (χ0v) is 12.8. The summed E-state index contributed by atoms with van der Waals surface area (Å²) in [5, 5.41) is 13.4. The third kappa shape index (κ3) is 3.74. The number of pyridine rings is 2. The molecule has 114 valence electrons. The Kier molecular flexibility index (Phi) is 4.34. The van der Waals surface area contributed by atoms with E-state index in [4.69, 9.17) is 0 Å². The van der Waals surface area contributed by atoms with Crippen LogP contribution in [0.1, 0.15) is 11.3 Å². The van der Waals surface area contributed by atoms with Gasteiger partial charge in [-0.3, -0.25) is 0 Å². The quantitative estimate of drug-likeness (QED) is 0.712. The van der Waals surface area contributed by atoms with Gasteiger partial charge in [-0.1, -0.05) is 24.3 Å². The number of hydrogen-bond acceptors (Lipinski definition) is 4. The Balaban J connectivity index is 1.71. The first-order valence-corrected chi connectivity index (χ1v) is 7.33. The van der Waals surface area contributed by atoms with Gasteiger partial charge in [0, 0.05) is 18.6 Å². The van der Waals surface area contributed by atoms with Crippen LogP contribution >= 0.6 is 0 Å². The Hall–Kier alpha value is -3.14. The Bertz CT molecular complexity index is 867. The molecule has 2 heterocycles. The fourth-order valence-electron chi connectivity index (χ4n) is 2.19. The zero-order chi connectivity index (χ0) is 16.1. The summed E-state index contributed by atoms with van der Waals surface area (Å²) in [5.74, 6) is 1.10. The number of fused-ring (bicyclic) bond motifs is 1. The predicted molar refractivity (Wildman–Crippen MR) is 95.3 cm³/mol. The first kappa shape index (κ1) is 14.8. The number of hydrogen-bond donors (Lipinski definition) is 2. The number of aromatic nitrogens is 2. The summed E-state index contributed by atoms with van der Waals surface area (Å²) in [4.78, 5) is 8.79. The van der Waals surface area contributed by atoms with Crippen LogP contribution in [0.2, 0.25) is 0 Å². The second-order valence-electron chi connectivity index (χ2n) is 5.06. The van der Waals surface area contributed by atoms with Gasteiger partial charge in [-0.25, -0.2) is 9.97 Å². The molecule has 0 fully saturated rings. The van der Waals surface area contributed by atoms with Crippen LogP contribution in [-0.2, 0) is 0 Å². The number of aromatic hydroxyl groups is 1. The molecule has 0 saturated heterocycles. The number of benzene rings is 1. The van der Waals surface area contributed by atoms with Crippen LogP contribution in [-0.4, -0.2) is 22.1 Å². The maximum absolute atomic E-state index is 9.45. The molecule has 3 rings (SSSR count). The molecule has 3 aromatic rings. The van der Waals surface area contributed by atoms with E-state index in [-0.39, 0.29) is 5.75 Å². The van der Waals surface area contributed by atoms with Gasteiger partial charge < -0.3 is 10.4 Å². The van der Waals surface area contributed by atoms with Crippen molar-refractivity contribution in [2.24, 2.45) is 0 Å². The smallest absolute Gasteiger partial charge is 0.125 e. The highest BCUT2D eigenvalue weighted by atomic mass is 16.3. The van der Waals surface area contributed by atoms with E-state index >= 15 is 0 Å². The SMILES string of the molecule is CNc1ccc(/C=C/C=C/c2ccc3cc(O)ccc3n2)cn1. The molecule has 0 aliphatic heterocycles. The normalized spacial score (nSPS) is 11.5. The van der Waals surface area contributed by atoms with Gasteiger partial charge in [-0.05, 0) is 48.0 Å². The molecule has 0 aliphatic rings. The van der Waals surface area contributed by atoms with Crippen LogP contribution in [0.25, 0.3) is 23.1 Å². The molecule has 2 aromatic heterocycles. The largest absolute Gasteiger partial charge is 0.508 e. The van der Waals surface area contributed by atoms with Gasteiger partial charge in [0.2, 0.25) is 0 Å². The fraction of sp³-hybridized carbons (Fsp3) is 0.0526. The maximum Gasteiger partial charge on any atom is 0.125 e. The van der Waals surface area contributed by atoms with Crippen molar-refractivity contribution in [3.8, 4) is 5.75 Å². The second kappa shape index (κ2) is 6.75. The van der Waals surface area contributed by atoms with Crippen LogP contribution in [0.4, 0.5) is 5.82 Å². The van der Waals surface area contributed by atoms with Gasteiger partial charge >= 0.3 is 0 Å². The number of anilines is 1. The van der Waals surface area contributed by atoms with Crippen molar-refractivity contribution in [3.05, 3.63) is 72.1 Å². The highest BCUT2D eigenvalue weighted by molar-refractivity contribution is 5.81. The molecule has 2 N–H and O–H groups in total. The number of nitrogens with one attached hydrogen (secondary N) is 1. The molecule has 0 aliphatic carbocycles. The van der Waals surface area contributed by atoms with E-state index in [1.54, 1.807) is 12.1 Å². The molecular formula is C19H17N3O. The molecule has 0 radical (unpaired) electrons. The van der Waals surface area contributed by atoms with Gasteiger partial charge in [-0.15, -0.1) is 0 Å². The Morgan fingerprint density at radius 2 is 1.87 bits per heavy atom. The molecule has 4 heteroatoms. The van der Waals surface area contributed by atoms with E-state index in [1.165, 1.54) is 0 Å². The monoisotopic (exact) mass is 303 g/mol. The van der Waals surface area contributed by atoms with Crippen molar-refractivity contribution in [1.82, 2.24) is 9.97 Å². The first-order chi connectivity index (χ1) is 11.2. The molecule has 0 saturated carbocycles. The predicted octanol–water partition coefficient (Wildman–Crippen LogP) is 4.10. The van der Waals surface area contributed by atoms with E-state index in [0.717, 1.165) is 28.0 Å². The highest BCUT2D eigenvalue weighted by Gasteiger charge is 1.97. The minimum Gasteiger partial charge on any atom is -0.508 e. The summed E-state index contributed by atoms with van der Waals surface area (Å²) in [6, 6.07) is 13.0. The summed E-state index contributed by atoms with van der Waals surface area (Å²) >= 11 is 0. The van der Waals surface area contributed by atoms with Crippen molar-refractivity contribution in [3.63, 3.8) is 0 Å². The van der Waals surface area contributed by atoms with Crippen molar-refractivity contribution in [1.29, 1.82) is 0 Å². The summed E-state index contributed by atoms with van der Waals surface area (Å²) in [7, 11) is 1.85. The molecule has 0 spiro atoms. The van der Waals surface area contributed by atoms with E-state index in [2.05, 4.69) is 15.3 Å². The Morgan fingerprint density at radius 3 is 2.65 bits per heavy atom. The molecule has 23 heavy (non-hydrogen) atoms. The number of allylic oxidation sites excluding steroid dienone is 2. The number of rotatable bonds is 4. The van der Waals surface area contributed by atoms with Crippen molar-refractivity contribution in [2.45, 2.75) is 0 Å². The molecule has 1 aromatic carbocycles. The summed E-state index contributed by atoms with van der Waals surface area (Å²) in [6.45, 7) is 0. The Labute approximate surface area is 134 Å². The molecule has 0 amide bonds. The molecular weight excluding hydrogens is 286 g/mol. The lowest BCUT2D eigenvalue weighted by atomic mass is 10.2. The van der Waals surface area contributed by atoms with E-state index in [1.807, 2.05) is 67.9 Å². The molecule has 4 nitrogen and oxygen atoms in total. The lowest BCUT2D eigenvalue weighted by Crippen LogP contribution is -1.90. The standard InChI is InChI=1S/C19H17N3O/c1-20-19-11-6-14(13-21-19)4-2-3-5-16-8-7-15-12-17(23)9-10-18(15)22-16/h2-13,23H,1H3,(H,20,21)/b4-2+,5-3+. The van der Waals surface area contributed by atoms with Crippen LogP contribution in [0, 0.1) is 0 Å². The van der Waals surface area contributed by atoms with Gasteiger partial charge in [0.25, 0.3) is 0 Å². The van der Waals surface area contributed by atoms with Gasteiger partial charge in [0.1, 0.15) is 11.6 Å². The maximum atomic E-state index is 9.45. The third-order valence-electron chi connectivity index (χ3n) is 3.40. The third-order valence-corrected chi connectivity index (χ3v) is 3.40. The zero-order valence-electron chi connectivity index (χ0n) is 12.8. The second-order valence-corrected chi connectivity index (χ2v) is 5.06. The van der Waals surface area contributed by atoms with E-state index in [9.17, 15) is 5.11 Å². The van der Waals surface area contributed by atoms with Crippen LogP contribution < -0.4 is 5.32 Å². The average molecular weight is 303 g/mol. The first-order valence-electron chi connectivity index (χ1n) is 7.33. The molecule has 0 atom stereocenters. The van der Waals surface area contributed by atoms with Crippen molar-refractivity contribution in [2.75, 3.05) is 12.4 Å². The van der Waals surface area contributed by atoms with Crippen LogP contribution in [0.3, 0.4) is 0 Å². The van der Waals surface area contributed by atoms with Crippen molar-refractivity contribution < 1.29 is 5.11 Å². The van der Waals surface area contributed by atoms with E-state index in [0.29, 0.717) is 0 Å². The summed E-state index contributed by atoms with van der Waals surface area (Å²) in [6.07, 6.45) is 9.65. The minimum atomic E-state index is 0.253. The lowest BCUT2D eigenvalue weighted by molar-refractivity contribution is 0.476. The molecule has 0 unspecified atom stereocenters. The molecule has 0 bridgehead atoms. The fourth-order valence-corrected chi connectivity index (χ4v) is 2.19. The summed E-state index contributed by atoms with van der Waals surface area (Å²) < 4.78 is 0. The van der Waals surface area contributed by atoms with Crippen LogP contribution in [0.15, 0.2) is 60.8 Å². The van der Waals surface area contributed by atoms with Crippen LogP contribution in [0.5, 0.6) is 5.75 Å². The van der Waals surface area contributed by atoms with Gasteiger partial charge in [0.15, 0.2) is 0 Å². The number of phenols is 1. The number of phenolic OH excluding ortho intramolecular Hbond substituents is 1. The van der Waals surface area contributed by atoms with Gasteiger partial charge in [-0.2, -0.15) is 0 Å². The Morgan fingerprint density at radius 1 is 1.00 bits per heavy atom. The minimum absolute atomic E-state index is 0.253. The lowest BCUT2D eigenvalue weighted by Gasteiger charge is -1.99. The van der Waals surface area contributed by atoms with Crippen molar-refractivity contribution >= 4 is 28.9 Å². The van der Waals surface area contributed by atoms with E-state index < -0.39 is 0 Å². The topological polar surface area (TPSA) is 58.0 Å².